The van der Waals surface area contributed by atoms with Gasteiger partial charge in [0.05, 0.1) is 0 Å². The lowest BCUT2D eigenvalue weighted by Gasteiger charge is -2.02. The van der Waals surface area contributed by atoms with E-state index in [1.807, 2.05) is 0 Å². The van der Waals surface area contributed by atoms with Crippen LogP contribution >= 0.6 is 0 Å². The third-order valence-electron chi connectivity index (χ3n) is 2.45. The minimum Gasteiger partial charge on any atom is -0.390 e. The molecule has 0 fully saturated rings. The normalized spacial score (nSPS) is 11.3. The summed E-state index contributed by atoms with van der Waals surface area (Å²) in [7, 11) is 0. The summed E-state index contributed by atoms with van der Waals surface area (Å²) in [5.41, 5.74) is 0.472. The highest BCUT2D eigenvalue weighted by atomic mass is 16.6. The largest absolute Gasteiger partial charge is 0.390 e. The molecule has 92 valence electrons. The molecule has 0 radical (unpaired) electrons. The van der Waals surface area contributed by atoms with E-state index in [4.69, 9.17) is 0 Å². The molecule has 0 aliphatic carbocycles. The van der Waals surface area contributed by atoms with Crippen LogP contribution in [0.25, 0.3) is 0 Å². The second kappa shape index (κ2) is 9.13. The Morgan fingerprint density at radius 2 is 1.75 bits per heavy atom. The van der Waals surface area contributed by atoms with Crippen molar-refractivity contribution in [3.63, 3.8) is 0 Å². The third kappa shape index (κ3) is 7.21. The van der Waals surface area contributed by atoms with E-state index in [1.54, 1.807) is 19.9 Å². The van der Waals surface area contributed by atoms with Gasteiger partial charge in [0.15, 0.2) is 0 Å². The number of carbonyl (C=O) groups is 2. The molecule has 0 bridgehead atoms. The Morgan fingerprint density at radius 3 is 2.31 bits per heavy atom. The minimum atomic E-state index is -0.527. The van der Waals surface area contributed by atoms with Gasteiger partial charge in [-0.2, -0.15) is 0 Å². The van der Waals surface area contributed by atoms with Crippen molar-refractivity contribution in [2.45, 2.75) is 59.3 Å². The van der Waals surface area contributed by atoms with E-state index >= 15 is 0 Å². The van der Waals surface area contributed by atoms with Gasteiger partial charge in [-0.25, -0.2) is 4.79 Å². The van der Waals surface area contributed by atoms with E-state index in [-0.39, 0.29) is 0 Å². The molecule has 0 aliphatic rings. The van der Waals surface area contributed by atoms with E-state index < -0.39 is 11.9 Å². The number of allylic oxidation sites excluding steroid dienone is 1. The van der Waals surface area contributed by atoms with Gasteiger partial charge >= 0.3 is 11.9 Å². The fourth-order valence-corrected chi connectivity index (χ4v) is 1.23. The van der Waals surface area contributed by atoms with Gasteiger partial charge in [-0.3, -0.25) is 4.79 Å². The second-order valence-electron chi connectivity index (χ2n) is 3.90. The molecule has 0 atom stereocenters. The van der Waals surface area contributed by atoms with Gasteiger partial charge in [-0.05, 0) is 20.3 Å². The lowest BCUT2D eigenvalue weighted by molar-refractivity contribution is -0.156. The fourth-order valence-electron chi connectivity index (χ4n) is 1.23. The average Bonchev–Trinajstić information content (AvgIpc) is 2.27. The van der Waals surface area contributed by atoms with Crippen LogP contribution in [0.15, 0.2) is 11.6 Å². The predicted octanol–water partition coefficient (Wildman–Crippen LogP) is 3.38. The third-order valence-corrected chi connectivity index (χ3v) is 2.45. The summed E-state index contributed by atoms with van der Waals surface area (Å²) in [5.74, 6) is -0.941. The number of rotatable bonds is 7. The minimum absolute atomic E-state index is 0.340. The van der Waals surface area contributed by atoms with Crippen LogP contribution < -0.4 is 0 Å². The zero-order valence-corrected chi connectivity index (χ0v) is 10.5. The number of ether oxygens (including phenoxy) is 1. The first-order valence-electron chi connectivity index (χ1n) is 5.99. The van der Waals surface area contributed by atoms with Gasteiger partial charge in [-0.15, -0.1) is 0 Å². The molecule has 0 saturated heterocycles. The Morgan fingerprint density at radius 1 is 1.12 bits per heavy atom. The van der Waals surface area contributed by atoms with Crippen LogP contribution in [0.4, 0.5) is 0 Å². The van der Waals surface area contributed by atoms with Crippen LogP contribution in [0.1, 0.15) is 59.3 Å². The summed E-state index contributed by atoms with van der Waals surface area (Å²) in [5, 5.41) is 0. The van der Waals surface area contributed by atoms with E-state index in [0.717, 1.165) is 19.3 Å². The lowest BCUT2D eigenvalue weighted by atomic mass is 10.1. The predicted molar refractivity (Wildman–Crippen MR) is 63.9 cm³/mol. The number of unbranched alkanes of at least 4 members (excludes halogenated alkanes) is 4. The summed E-state index contributed by atoms with van der Waals surface area (Å²) in [6.45, 7) is 5.52. The maximum Gasteiger partial charge on any atom is 0.341 e. The Balaban J connectivity index is 3.63. The molecular weight excluding hydrogens is 204 g/mol. The second-order valence-corrected chi connectivity index (χ2v) is 3.90. The lowest BCUT2D eigenvalue weighted by Crippen LogP contribution is -2.12. The highest BCUT2D eigenvalue weighted by molar-refractivity contribution is 5.95. The molecule has 16 heavy (non-hydrogen) atoms. The SMILES string of the molecule is CC=C(C)C(=O)OC(=O)CCCCCCC. The molecule has 3 heteroatoms. The van der Waals surface area contributed by atoms with Crippen LogP contribution in [0.5, 0.6) is 0 Å². The fraction of sp³-hybridized carbons (Fsp3) is 0.692. The van der Waals surface area contributed by atoms with Crippen LogP contribution in [-0.2, 0) is 14.3 Å². The Labute approximate surface area is 97.9 Å². The Bertz CT molecular complexity index is 254. The molecule has 0 aromatic carbocycles. The van der Waals surface area contributed by atoms with Crippen molar-refractivity contribution in [2.24, 2.45) is 0 Å². The number of carbonyl (C=O) groups excluding carboxylic acids is 2. The molecule has 0 heterocycles. The van der Waals surface area contributed by atoms with Gasteiger partial charge in [0.25, 0.3) is 0 Å². The summed E-state index contributed by atoms with van der Waals surface area (Å²) in [6, 6.07) is 0. The van der Waals surface area contributed by atoms with Gasteiger partial charge < -0.3 is 4.74 Å². The molecule has 0 spiro atoms. The monoisotopic (exact) mass is 226 g/mol. The van der Waals surface area contributed by atoms with Crippen LogP contribution in [-0.4, -0.2) is 11.9 Å². The average molecular weight is 226 g/mol. The van der Waals surface area contributed by atoms with Crippen molar-refractivity contribution in [1.82, 2.24) is 0 Å². The van der Waals surface area contributed by atoms with Crippen molar-refractivity contribution in [2.75, 3.05) is 0 Å². The van der Waals surface area contributed by atoms with Crippen molar-refractivity contribution in [3.05, 3.63) is 11.6 Å². The zero-order chi connectivity index (χ0) is 12.4. The first-order valence-corrected chi connectivity index (χ1v) is 5.99. The Hall–Kier alpha value is -1.12. The van der Waals surface area contributed by atoms with E-state index in [0.29, 0.717) is 12.0 Å². The van der Waals surface area contributed by atoms with Gasteiger partial charge in [0.2, 0.25) is 0 Å². The van der Waals surface area contributed by atoms with Crippen molar-refractivity contribution < 1.29 is 14.3 Å². The van der Waals surface area contributed by atoms with Crippen LogP contribution in [0.3, 0.4) is 0 Å². The molecule has 0 unspecified atom stereocenters. The maximum absolute atomic E-state index is 11.2. The van der Waals surface area contributed by atoms with Crippen molar-refractivity contribution >= 4 is 11.9 Å². The van der Waals surface area contributed by atoms with Crippen molar-refractivity contribution in [1.29, 1.82) is 0 Å². The first-order chi connectivity index (χ1) is 7.61. The molecular formula is C13H22O3. The van der Waals surface area contributed by atoms with Crippen LogP contribution in [0, 0.1) is 0 Å². The molecule has 0 saturated carbocycles. The highest BCUT2D eigenvalue weighted by Gasteiger charge is 2.10. The first kappa shape index (κ1) is 14.9. The Kier molecular flexibility index (Phi) is 8.49. The summed E-state index contributed by atoms with van der Waals surface area (Å²) >= 11 is 0. The number of hydrogen-bond donors (Lipinski definition) is 0. The van der Waals surface area contributed by atoms with Crippen molar-refractivity contribution in [3.8, 4) is 0 Å². The maximum atomic E-state index is 11.2. The number of esters is 2. The topological polar surface area (TPSA) is 43.4 Å². The standard InChI is InChI=1S/C13H22O3/c1-4-6-7-8-9-10-12(14)16-13(15)11(3)5-2/h5H,4,6-10H2,1-3H3. The number of hydrogen-bond acceptors (Lipinski definition) is 3. The molecule has 0 rings (SSSR count). The summed E-state index contributed by atoms with van der Waals surface area (Å²) < 4.78 is 4.66. The van der Waals surface area contributed by atoms with E-state index in [1.165, 1.54) is 12.8 Å². The quantitative estimate of drug-likeness (QED) is 0.289. The van der Waals surface area contributed by atoms with Crippen LogP contribution in [0.2, 0.25) is 0 Å². The van der Waals surface area contributed by atoms with E-state index in [9.17, 15) is 9.59 Å². The van der Waals surface area contributed by atoms with E-state index in [2.05, 4.69) is 11.7 Å². The summed E-state index contributed by atoms with van der Waals surface area (Å²) in [4.78, 5) is 22.4. The molecule has 0 aromatic rings. The van der Waals surface area contributed by atoms with Gasteiger partial charge in [0.1, 0.15) is 0 Å². The van der Waals surface area contributed by atoms with Gasteiger partial charge in [0, 0.05) is 12.0 Å². The molecule has 0 amide bonds. The molecule has 0 N–H and O–H groups in total. The highest BCUT2D eigenvalue weighted by Crippen LogP contribution is 2.06. The smallest absolute Gasteiger partial charge is 0.341 e. The molecule has 0 aliphatic heterocycles. The molecule has 0 aromatic heterocycles. The molecule has 3 nitrogen and oxygen atoms in total. The van der Waals surface area contributed by atoms with Gasteiger partial charge in [-0.1, -0.05) is 38.7 Å². The zero-order valence-electron chi connectivity index (χ0n) is 10.5. The summed E-state index contributed by atoms with van der Waals surface area (Å²) in [6.07, 6.45) is 7.34.